The molecule has 0 saturated carbocycles. The van der Waals surface area contributed by atoms with Gasteiger partial charge in [0, 0.05) is 6.54 Å². The number of sulfonamides is 1. The summed E-state index contributed by atoms with van der Waals surface area (Å²) in [5.74, 6) is -0.580. The topological polar surface area (TPSA) is 46.2 Å². The second kappa shape index (κ2) is 4.95. The van der Waals surface area contributed by atoms with Crippen LogP contribution in [0.1, 0.15) is 6.92 Å². The minimum atomic E-state index is -3.71. The third-order valence-electron chi connectivity index (χ3n) is 1.75. The van der Waals surface area contributed by atoms with Crippen LogP contribution in [0.2, 0.25) is 5.02 Å². The lowest BCUT2D eigenvalue weighted by Gasteiger charge is -2.07. The molecule has 0 saturated heterocycles. The number of halogens is 2. The monoisotopic (exact) mass is 263 g/mol. The van der Waals surface area contributed by atoms with Gasteiger partial charge in [0.2, 0.25) is 10.0 Å². The van der Waals surface area contributed by atoms with Crippen molar-refractivity contribution in [2.75, 3.05) is 6.54 Å². The van der Waals surface area contributed by atoms with E-state index in [0.29, 0.717) is 5.57 Å². The maximum absolute atomic E-state index is 12.7. The van der Waals surface area contributed by atoms with Crippen LogP contribution in [0.5, 0.6) is 0 Å². The van der Waals surface area contributed by atoms with Crippen molar-refractivity contribution < 1.29 is 12.8 Å². The van der Waals surface area contributed by atoms with Crippen molar-refractivity contribution in [2.24, 2.45) is 0 Å². The molecular formula is C10H11ClFNO2S. The van der Waals surface area contributed by atoms with E-state index < -0.39 is 15.8 Å². The van der Waals surface area contributed by atoms with Crippen molar-refractivity contribution in [3.8, 4) is 0 Å². The summed E-state index contributed by atoms with van der Waals surface area (Å²) in [5.41, 5.74) is 0.668. The van der Waals surface area contributed by atoms with Gasteiger partial charge in [-0.25, -0.2) is 17.5 Å². The first kappa shape index (κ1) is 13.2. The molecule has 1 aromatic rings. The van der Waals surface area contributed by atoms with Crippen LogP contribution >= 0.6 is 11.6 Å². The molecule has 0 heterocycles. The number of hydrogen-bond acceptors (Lipinski definition) is 2. The molecule has 0 bridgehead atoms. The molecule has 0 aliphatic carbocycles. The highest BCUT2D eigenvalue weighted by Gasteiger charge is 2.17. The van der Waals surface area contributed by atoms with Crippen LogP contribution in [-0.2, 0) is 10.0 Å². The summed E-state index contributed by atoms with van der Waals surface area (Å²) in [6.07, 6.45) is 0. The van der Waals surface area contributed by atoms with Gasteiger partial charge in [-0.3, -0.25) is 0 Å². The zero-order valence-corrected chi connectivity index (χ0v) is 10.2. The molecule has 0 fully saturated rings. The van der Waals surface area contributed by atoms with Gasteiger partial charge >= 0.3 is 0 Å². The highest BCUT2D eigenvalue weighted by Crippen LogP contribution is 2.21. The van der Waals surface area contributed by atoms with Gasteiger partial charge in [-0.2, -0.15) is 0 Å². The molecule has 3 nitrogen and oxygen atoms in total. The average molecular weight is 264 g/mol. The molecule has 0 radical (unpaired) electrons. The van der Waals surface area contributed by atoms with E-state index >= 15 is 0 Å². The Bertz CT molecular complexity index is 514. The van der Waals surface area contributed by atoms with Crippen LogP contribution in [0, 0.1) is 5.82 Å². The van der Waals surface area contributed by atoms with E-state index in [1.165, 1.54) is 0 Å². The van der Waals surface area contributed by atoms with Gasteiger partial charge < -0.3 is 0 Å². The Kier molecular flexibility index (Phi) is 4.07. The maximum atomic E-state index is 12.7. The lowest BCUT2D eigenvalue weighted by molar-refractivity contribution is 0.584. The van der Waals surface area contributed by atoms with Gasteiger partial charge in [0.1, 0.15) is 10.7 Å². The summed E-state index contributed by atoms with van der Waals surface area (Å²) in [5, 5.41) is -0.144. The molecule has 6 heteroatoms. The van der Waals surface area contributed by atoms with Gasteiger partial charge in [-0.05, 0) is 25.1 Å². The van der Waals surface area contributed by atoms with E-state index in [9.17, 15) is 12.8 Å². The molecule has 0 aliphatic heterocycles. The first-order chi connectivity index (χ1) is 7.33. The summed E-state index contributed by atoms with van der Waals surface area (Å²) in [4.78, 5) is -0.142. The van der Waals surface area contributed by atoms with Crippen LogP contribution in [0.15, 0.2) is 35.2 Å². The smallest absolute Gasteiger partial charge is 0.207 e. The van der Waals surface area contributed by atoms with E-state index in [1.807, 2.05) is 0 Å². The first-order valence-corrected chi connectivity index (χ1v) is 6.28. The van der Waals surface area contributed by atoms with Crippen LogP contribution in [-0.4, -0.2) is 15.0 Å². The van der Waals surface area contributed by atoms with Gasteiger partial charge in [-0.15, -0.1) is 0 Å². The van der Waals surface area contributed by atoms with Gasteiger partial charge in [-0.1, -0.05) is 23.8 Å². The summed E-state index contributed by atoms with van der Waals surface area (Å²) in [6, 6.07) is 3.12. The van der Waals surface area contributed by atoms with Crippen LogP contribution in [0.3, 0.4) is 0 Å². The average Bonchev–Trinajstić information content (AvgIpc) is 2.14. The molecule has 0 aromatic heterocycles. The molecule has 1 rings (SSSR count). The highest BCUT2D eigenvalue weighted by atomic mass is 35.5. The first-order valence-electron chi connectivity index (χ1n) is 4.42. The zero-order chi connectivity index (χ0) is 12.3. The summed E-state index contributed by atoms with van der Waals surface area (Å²) in [6.45, 7) is 5.38. The van der Waals surface area contributed by atoms with E-state index in [2.05, 4.69) is 11.3 Å². The van der Waals surface area contributed by atoms with Gasteiger partial charge in [0.15, 0.2) is 0 Å². The van der Waals surface area contributed by atoms with Gasteiger partial charge in [0.05, 0.1) is 5.02 Å². The normalized spacial score (nSPS) is 11.4. The van der Waals surface area contributed by atoms with Crippen LogP contribution < -0.4 is 4.72 Å². The Morgan fingerprint density at radius 3 is 2.69 bits per heavy atom. The third-order valence-corrected chi connectivity index (χ3v) is 3.63. The summed E-state index contributed by atoms with van der Waals surface area (Å²) >= 11 is 5.65. The molecule has 0 spiro atoms. The SMILES string of the molecule is C=C(C)CNS(=O)(=O)c1ccc(F)cc1Cl. The Balaban J connectivity index is 3.03. The quantitative estimate of drug-likeness (QED) is 0.848. The fourth-order valence-corrected chi connectivity index (χ4v) is 2.62. The summed E-state index contributed by atoms with van der Waals surface area (Å²) < 4.78 is 38.5. The molecule has 88 valence electrons. The molecule has 0 aliphatic rings. The molecule has 0 amide bonds. The molecule has 1 N–H and O–H groups in total. The van der Waals surface area contributed by atoms with Crippen molar-refractivity contribution in [2.45, 2.75) is 11.8 Å². The van der Waals surface area contributed by atoms with E-state index in [0.717, 1.165) is 18.2 Å². The molecule has 0 unspecified atom stereocenters. The minimum absolute atomic E-state index is 0.121. The molecule has 16 heavy (non-hydrogen) atoms. The fraction of sp³-hybridized carbons (Fsp3) is 0.200. The number of nitrogens with one attached hydrogen (secondary N) is 1. The minimum Gasteiger partial charge on any atom is -0.207 e. The maximum Gasteiger partial charge on any atom is 0.242 e. The van der Waals surface area contributed by atoms with E-state index in [4.69, 9.17) is 11.6 Å². The summed E-state index contributed by atoms with van der Waals surface area (Å²) in [7, 11) is -3.71. The standard InChI is InChI=1S/C10H11ClFNO2S/c1-7(2)6-13-16(14,15)10-4-3-8(12)5-9(10)11/h3-5,13H,1,6H2,2H3. The number of hydrogen-bond donors (Lipinski definition) is 1. The zero-order valence-electron chi connectivity index (χ0n) is 8.63. The molecule has 0 atom stereocenters. The Hall–Kier alpha value is -0.910. The highest BCUT2D eigenvalue weighted by molar-refractivity contribution is 7.89. The van der Waals surface area contributed by atoms with Crippen LogP contribution in [0.25, 0.3) is 0 Å². The lowest BCUT2D eigenvalue weighted by atomic mass is 10.3. The third kappa shape index (κ3) is 3.30. The van der Waals surface area contributed by atoms with Crippen molar-refractivity contribution in [1.82, 2.24) is 4.72 Å². The van der Waals surface area contributed by atoms with Crippen LogP contribution in [0.4, 0.5) is 4.39 Å². The fourth-order valence-electron chi connectivity index (χ4n) is 0.989. The number of benzene rings is 1. The van der Waals surface area contributed by atoms with Crippen molar-refractivity contribution in [3.63, 3.8) is 0 Å². The second-order valence-electron chi connectivity index (χ2n) is 3.36. The Labute approximate surface area is 99.0 Å². The molecule has 1 aromatic carbocycles. The van der Waals surface area contributed by atoms with Crippen molar-refractivity contribution >= 4 is 21.6 Å². The molecular weight excluding hydrogens is 253 g/mol. The van der Waals surface area contributed by atoms with Crippen molar-refractivity contribution in [3.05, 3.63) is 41.2 Å². The predicted octanol–water partition coefficient (Wildman–Crippen LogP) is 2.33. The lowest BCUT2D eigenvalue weighted by Crippen LogP contribution is -2.25. The van der Waals surface area contributed by atoms with E-state index in [1.54, 1.807) is 6.92 Å². The predicted molar refractivity (Wildman–Crippen MR) is 61.4 cm³/mol. The van der Waals surface area contributed by atoms with Gasteiger partial charge in [0.25, 0.3) is 0 Å². The number of rotatable bonds is 4. The van der Waals surface area contributed by atoms with Crippen molar-refractivity contribution in [1.29, 1.82) is 0 Å². The Morgan fingerprint density at radius 2 is 2.19 bits per heavy atom. The largest absolute Gasteiger partial charge is 0.242 e. The van der Waals surface area contributed by atoms with E-state index in [-0.39, 0.29) is 16.5 Å². The second-order valence-corrected chi connectivity index (χ2v) is 5.50. The Morgan fingerprint density at radius 1 is 1.56 bits per heavy atom.